The third-order valence-electron chi connectivity index (χ3n) is 6.66. The summed E-state index contributed by atoms with van der Waals surface area (Å²) in [5.74, 6) is 1.17. The fraction of sp³-hybridized carbons (Fsp3) is 0.423. The van der Waals surface area contributed by atoms with Crippen LogP contribution in [0.15, 0.2) is 48.5 Å². The fourth-order valence-corrected chi connectivity index (χ4v) is 5.44. The number of halogens is 1. The molecule has 37 heavy (non-hydrogen) atoms. The monoisotopic (exact) mass is 545 g/mol. The van der Waals surface area contributed by atoms with Crippen molar-refractivity contribution in [1.29, 1.82) is 0 Å². The molecule has 198 valence electrons. The lowest BCUT2D eigenvalue weighted by atomic mass is 10.0. The molecule has 2 aromatic carbocycles. The van der Waals surface area contributed by atoms with Gasteiger partial charge in [-0.2, -0.15) is 11.8 Å². The van der Waals surface area contributed by atoms with Crippen molar-refractivity contribution in [3.05, 3.63) is 64.7 Å². The van der Waals surface area contributed by atoms with Crippen LogP contribution in [0.4, 0.5) is 4.79 Å². The van der Waals surface area contributed by atoms with Gasteiger partial charge in [-0.05, 0) is 47.8 Å². The number of methoxy groups -OCH3 is 1. The van der Waals surface area contributed by atoms with Gasteiger partial charge in [0.1, 0.15) is 18.0 Å². The molecule has 2 heterocycles. The van der Waals surface area contributed by atoms with E-state index in [4.69, 9.17) is 16.3 Å². The average Bonchev–Trinajstić information content (AvgIpc) is 2.89. The number of ether oxygens (including phenoxy) is 1. The largest absolute Gasteiger partial charge is 0.497 e. The number of hydrogen-bond acceptors (Lipinski definition) is 6. The molecule has 2 aromatic rings. The van der Waals surface area contributed by atoms with Gasteiger partial charge in [-0.25, -0.2) is 14.8 Å². The van der Waals surface area contributed by atoms with Crippen molar-refractivity contribution in [2.24, 2.45) is 0 Å². The van der Waals surface area contributed by atoms with Gasteiger partial charge in [-0.3, -0.25) is 9.59 Å². The molecular formula is C26H32ClN5O4S. The number of thioether (sulfide) groups is 1. The van der Waals surface area contributed by atoms with Crippen molar-refractivity contribution < 1.29 is 19.1 Å². The zero-order valence-corrected chi connectivity index (χ0v) is 22.8. The van der Waals surface area contributed by atoms with Crippen LogP contribution in [0.2, 0.25) is 5.02 Å². The Morgan fingerprint density at radius 1 is 1.16 bits per heavy atom. The molecule has 0 spiro atoms. The summed E-state index contributed by atoms with van der Waals surface area (Å²) in [5, 5.41) is 6.72. The third kappa shape index (κ3) is 5.97. The Labute approximate surface area is 226 Å². The summed E-state index contributed by atoms with van der Waals surface area (Å²) in [6.07, 6.45) is 1.85. The number of carbonyl (C=O) groups excluding carboxylic acids is 3. The van der Waals surface area contributed by atoms with Gasteiger partial charge < -0.3 is 19.9 Å². The van der Waals surface area contributed by atoms with Crippen molar-refractivity contribution in [2.75, 3.05) is 39.3 Å². The Morgan fingerprint density at radius 2 is 1.89 bits per heavy atom. The Morgan fingerprint density at radius 3 is 2.57 bits per heavy atom. The summed E-state index contributed by atoms with van der Waals surface area (Å²) in [4.78, 5) is 43.6. The molecule has 11 heteroatoms. The number of benzene rings is 2. The standard InChI is InChI=1S/C26H32ClN5O4S/c1-29-17-24(33)31-22(12-13-37-3)25(34)30(15-19-6-4-5-7-21(19)27)16-23(31)32(29)26(35)28-14-18-8-10-20(36-2)11-9-18/h4-11,22-23H,12-17H2,1-3H3,(H,28,35)/t22-,23-/m0/s1. The number of rotatable bonds is 8. The van der Waals surface area contributed by atoms with Gasteiger partial charge in [0.05, 0.1) is 20.2 Å². The number of hydrazine groups is 1. The predicted octanol–water partition coefficient (Wildman–Crippen LogP) is 3.04. The van der Waals surface area contributed by atoms with Crippen LogP contribution in [0.3, 0.4) is 0 Å². The van der Waals surface area contributed by atoms with Crippen molar-refractivity contribution >= 4 is 41.2 Å². The maximum Gasteiger partial charge on any atom is 0.334 e. The van der Waals surface area contributed by atoms with E-state index in [1.807, 2.05) is 48.7 Å². The molecule has 2 aliphatic heterocycles. The second-order valence-electron chi connectivity index (χ2n) is 9.06. The van der Waals surface area contributed by atoms with Crippen LogP contribution in [0.5, 0.6) is 5.75 Å². The van der Waals surface area contributed by atoms with Gasteiger partial charge in [0.25, 0.3) is 0 Å². The number of amides is 4. The number of hydrogen-bond donors (Lipinski definition) is 1. The number of fused-ring (bicyclic) bond motifs is 1. The van der Waals surface area contributed by atoms with Crippen LogP contribution in [0.25, 0.3) is 0 Å². The van der Waals surface area contributed by atoms with Crippen LogP contribution >= 0.6 is 23.4 Å². The summed E-state index contributed by atoms with van der Waals surface area (Å²) < 4.78 is 5.20. The van der Waals surface area contributed by atoms with E-state index in [0.717, 1.165) is 16.9 Å². The molecule has 0 saturated carbocycles. The quantitative estimate of drug-likeness (QED) is 0.549. The molecule has 1 N–H and O–H groups in total. The minimum Gasteiger partial charge on any atom is -0.497 e. The van der Waals surface area contributed by atoms with E-state index in [1.165, 1.54) is 0 Å². The molecule has 2 saturated heterocycles. The molecule has 4 rings (SSSR count). The van der Waals surface area contributed by atoms with Gasteiger partial charge in [-0.1, -0.05) is 41.9 Å². The highest BCUT2D eigenvalue weighted by molar-refractivity contribution is 7.98. The zero-order chi connectivity index (χ0) is 26.5. The third-order valence-corrected chi connectivity index (χ3v) is 7.68. The SMILES string of the molecule is COc1ccc(CNC(=O)N2[C@H]3CN(Cc4ccccc4Cl)C(=O)[C@H](CCSC)N3C(=O)CN2C)cc1. The van der Waals surface area contributed by atoms with Crippen molar-refractivity contribution in [1.82, 2.24) is 25.1 Å². The van der Waals surface area contributed by atoms with Crippen molar-refractivity contribution in [3.8, 4) is 5.75 Å². The van der Waals surface area contributed by atoms with Crippen LogP contribution in [-0.4, -0.2) is 89.1 Å². The molecule has 4 amide bonds. The summed E-state index contributed by atoms with van der Waals surface area (Å²) in [7, 11) is 3.32. The number of nitrogens with one attached hydrogen (secondary N) is 1. The Balaban J connectivity index is 1.58. The van der Waals surface area contributed by atoms with E-state index in [9.17, 15) is 14.4 Å². The van der Waals surface area contributed by atoms with Crippen LogP contribution < -0.4 is 10.1 Å². The van der Waals surface area contributed by atoms with Crippen LogP contribution in [0.1, 0.15) is 17.5 Å². The molecule has 2 aliphatic rings. The van der Waals surface area contributed by atoms with Crippen LogP contribution in [-0.2, 0) is 22.7 Å². The van der Waals surface area contributed by atoms with Gasteiger partial charge in [0, 0.05) is 25.2 Å². The lowest BCUT2D eigenvalue weighted by molar-refractivity contribution is -0.187. The maximum absolute atomic E-state index is 13.6. The molecule has 2 fully saturated rings. The lowest BCUT2D eigenvalue weighted by Gasteiger charge is -2.54. The van der Waals surface area contributed by atoms with Gasteiger partial charge in [0.2, 0.25) is 11.8 Å². The topological polar surface area (TPSA) is 85.4 Å². The number of urea groups is 1. The normalized spacial score (nSPS) is 20.2. The van der Waals surface area contributed by atoms with Gasteiger partial charge in [-0.15, -0.1) is 0 Å². The van der Waals surface area contributed by atoms with Crippen molar-refractivity contribution in [2.45, 2.75) is 31.7 Å². The Hall–Kier alpha value is -2.95. The van der Waals surface area contributed by atoms with E-state index in [0.29, 0.717) is 30.3 Å². The first-order valence-electron chi connectivity index (χ1n) is 12.1. The highest BCUT2D eigenvalue weighted by Gasteiger charge is 2.50. The lowest BCUT2D eigenvalue weighted by Crippen LogP contribution is -2.75. The summed E-state index contributed by atoms with van der Waals surface area (Å²) in [5.41, 5.74) is 1.74. The van der Waals surface area contributed by atoms with Gasteiger partial charge in [0.15, 0.2) is 0 Å². The molecule has 0 bridgehead atoms. The minimum absolute atomic E-state index is 0.0139. The zero-order valence-electron chi connectivity index (χ0n) is 21.2. The molecule has 2 atom stereocenters. The first-order chi connectivity index (χ1) is 17.8. The predicted molar refractivity (Wildman–Crippen MR) is 144 cm³/mol. The van der Waals surface area contributed by atoms with E-state index in [2.05, 4.69) is 5.32 Å². The minimum atomic E-state index is -0.647. The summed E-state index contributed by atoms with van der Waals surface area (Å²) in [6, 6.07) is 13.9. The molecule has 0 unspecified atom stereocenters. The molecule has 9 nitrogen and oxygen atoms in total. The number of likely N-dealkylation sites (N-methyl/N-ethyl adjacent to an activating group) is 1. The number of nitrogens with zero attached hydrogens (tertiary/aromatic N) is 4. The van der Waals surface area contributed by atoms with E-state index >= 15 is 0 Å². The smallest absolute Gasteiger partial charge is 0.334 e. The second-order valence-corrected chi connectivity index (χ2v) is 10.4. The number of piperazine rings is 1. The highest BCUT2D eigenvalue weighted by Crippen LogP contribution is 2.29. The summed E-state index contributed by atoms with van der Waals surface area (Å²) in [6.45, 7) is 0.815. The van der Waals surface area contributed by atoms with Crippen molar-refractivity contribution in [3.63, 3.8) is 0 Å². The fourth-order valence-electron chi connectivity index (χ4n) is 4.79. The second kappa shape index (κ2) is 12.1. The molecular weight excluding hydrogens is 514 g/mol. The van der Waals surface area contributed by atoms with E-state index < -0.39 is 12.2 Å². The average molecular weight is 546 g/mol. The molecule has 0 aromatic heterocycles. The van der Waals surface area contributed by atoms with Crippen LogP contribution in [0, 0.1) is 0 Å². The number of carbonyl (C=O) groups is 3. The Bertz CT molecular complexity index is 1130. The van der Waals surface area contributed by atoms with E-state index in [1.54, 1.807) is 51.8 Å². The molecule has 0 radical (unpaired) electrons. The first kappa shape index (κ1) is 27.1. The molecule has 0 aliphatic carbocycles. The van der Waals surface area contributed by atoms with Gasteiger partial charge >= 0.3 is 6.03 Å². The summed E-state index contributed by atoms with van der Waals surface area (Å²) >= 11 is 8.02. The first-order valence-corrected chi connectivity index (χ1v) is 13.8. The Kier molecular flexibility index (Phi) is 8.83. The highest BCUT2D eigenvalue weighted by atomic mass is 35.5. The van der Waals surface area contributed by atoms with E-state index in [-0.39, 0.29) is 30.9 Å². The maximum atomic E-state index is 13.6.